The summed E-state index contributed by atoms with van der Waals surface area (Å²) in [5, 5.41) is -0.0524. The Hall–Kier alpha value is -1.20. The fraction of sp³-hybridized carbons (Fsp3) is 0.538. The highest BCUT2D eigenvalue weighted by Crippen LogP contribution is 2.37. The molecule has 6 heteroatoms. The Kier molecular flexibility index (Phi) is 3.78. The number of benzene rings is 1. The Morgan fingerprint density at radius 1 is 1.21 bits per heavy atom. The number of nitrogen functional groups attached to an aromatic ring is 2. The van der Waals surface area contributed by atoms with E-state index in [9.17, 15) is 4.39 Å². The van der Waals surface area contributed by atoms with E-state index < -0.39 is 5.82 Å². The van der Waals surface area contributed by atoms with Crippen molar-refractivity contribution in [2.45, 2.75) is 25.9 Å². The van der Waals surface area contributed by atoms with E-state index in [1.807, 2.05) is 4.90 Å². The van der Waals surface area contributed by atoms with Crippen molar-refractivity contribution in [2.24, 2.45) is 0 Å². The molecule has 4 N–H and O–H groups in total. The van der Waals surface area contributed by atoms with Crippen LogP contribution in [0.5, 0.6) is 0 Å². The smallest absolute Gasteiger partial charge is 0.169 e. The third-order valence-electron chi connectivity index (χ3n) is 3.91. The number of halogens is 2. The van der Waals surface area contributed by atoms with Gasteiger partial charge in [0, 0.05) is 25.2 Å². The predicted octanol–water partition coefficient (Wildman–Crippen LogP) is 2.17. The average molecular weight is 287 g/mol. The number of rotatable bonds is 1. The lowest BCUT2D eigenvalue weighted by atomic mass is 10.1. The number of hydrogen-bond donors (Lipinski definition) is 2. The zero-order valence-electron chi connectivity index (χ0n) is 11.5. The molecule has 1 heterocycles. The standard InChI is InChI=1S/C13H20ClFN4/c1-7-5-19(6-8(2)18(7)3)13-10(17)4-9(16)11(14)12(13)15/h4,7-8H,5-6,16-17H2,1-3H3. The maximum absolute atomic E-state index is 14.3. The lowest BCUT2D eigenvalue weighted by Gasteiger charge is -2.43. The first kappa shape index (κ1) is 14.2. The minimum absolute atomic E-state index is 0.0524. The lowest BCUT2D eigenvalue weighted by molar-refractivity contribution is 0.169. The normalized spacial score (nSPS) is 24.8. The minimum atomic E-state index is -0.525. The molecule has 0 radical (unpaired) electrons. The molecule has 1 saturated heterocycles. The molecule has 106 valence electrons. The summed E-state index contributed by atoms with van der Waals surface area (Å²) in [6.45, 7) is 5.63. The monoisotopic (exact) mass is 286 g/mol. The summed E-state index contributed by atoms with van der Waals surface area (Å²) in [4.78, 5) is 4.22. The fourth-order valence-electron chi connectivity index (χ4n) is 2.57. The Bertz CT molecular complexity index is 482. The van der Waals surface area contributed by atoms with Gasteiger partial charge in [-0.1, -0.05) is 11.6 Å². The van der Waals surface area contributed by atoms with Crippen molar-refractivity contribution in [1.29, 1.82) is 0 Å². The van der Waals surface area contributed by atoms with Crippen molar-refractivity contribution in [2.75, 3.05) is 36.5 Å². The molecule has 0 spiro atoms. The van der Waals surface area contributed by atoms with Crippen molar-refractivity contribution in [3.63, 3.8) is 0 Å². The second-order valence-electron chi connectivity index (χ2n) is 5.30. The number of nitrogens with two attached hydrogens (primary N) is 2. The zero-order chi connectivity index (χ0) is 14.3. The highest BCUT2D eigenvalue weighted by Gasteiger charge is 2.30. The summed E-state index contributed by atoms with van der Waals surface area (Å²) >= 11 is 5.88. The van der Waals surface area contributed by atoms with Crippen LogP contribution in [0.25, 0.3) is 0 Å². The van der Waals surface area contributed by atoms with Gasteiger partial charge in [0.15, 0.2) is 5.82 Å². The molecule has 1 fully saturated rings. The Labute approximate surface area is 118 Å². The molecule has 1 aliphatic rings. The quantitative estimate of drug-likeness (QED) is 0.777. The molecule has 0 bridgehead atoms. The second kappa shape index (κ2) is 5.06. The third kappa shape index (κ3) is 2.44. The number of piperazine rings is 1. The summed E-state index contributed by atoms with van der Waals surface area (Å²) in [6.07, 6.45) is 0. The fourth-order valence-corrected chi connectivity index (χ4v) is 2.71. The molecule has 2 atom stereocenters. The molecule has 0 amide bonds. The number of hydrogen-bond acceptors (Lipinski definition) is 4. The molecule has 0 saturated carbocycles. The van der Waals surface area contributed by atoms with E-state index in [2.05, 4.69) is 25.8 Å². The van der Waals surface area contributed by atoms with Crippen LogP contribution in [0, 0.1) is 5.82 Å². The van der Waals surface area contributed by atoms with Gasteiger partial charge >= 0.3 is 0 Å². The van der Waals surface area contributed by atoms with Crippen molar-refractivity contribution in [3.8, 4) is 0 Å². The van der Waals surface area contributed by atoms with Crippen LogP contribution in [-0.2, 0) is 0 Å². The number of anilines is 3. The van der Waals surface area contributed by atoms with E-state index in [0.717, 1.165) is 0 Å². The van der Waals surface area contributed by atoms with Gasteiger partial charge in [-0.3, -0.25) is 4.90 Å². The van der Waals surface area contributed by atoms with Gasteiger partial charge in [0.05, 0.1) is 17.1 Å². The molecule has 19 heavy (non-hydrogen) atoms. The minimum Gasteiger partial charge on any atom is -0.397 e. The van der Waals surface area contributed by atoms with E-state index in [0.29, 0.717) is 36.5 Å². The maximum atomic E-state index is 14.3. The first-order chi connectivity index (χ1) is 8.82. The Morgan fingerprint density at radius 2 is 1.74 bits per heavy atom. The van der Waals surface area contributed by atoms with Gasteiger partial charge < -0.3 is 16.4 Å². The van der Waals surface area contributed by atoms with Crippen LogP contribution in [-0.4, -0.2) is 37.1 Å². The van der Waals surface area contributed by atoms with Crippen LogP contribution in [0.3, 0.4) is 0 Å². The van der Waals surface area contributed by atoms with Crippen LogP contribution >= 0.6 is 11.6 Å². The van der Waals surface area contributed by atoms with E-state index >= 15 is 0 Å². The molecule has 0 aromatic heterocycles. The first-order valence-electron chi connectivity index (χ1n) is 6.32. The van der Waals surface area contributed by atoms with Gasteiger partial charge in [0.2, 0.25) is 0 Å². The van der Waals surface area contributed by atoms with Crippen molar-refractivity contribution in [3.05, 3.63) is 16.9 Å². The van der Waals surface area contributed by atoms with Crippen LogP contribution in [0.2, 0.25) is 5.02 Å². The molecule has 0 aliphatic carbocycles. The van der Waals surface area contributed by atoms with Gasteiger partial charge in [0.25, 0.3) is 0 Å². The molecule has 2 unspecified atom stereocenters. The highest BCUT2D eigenvalue weighted by molar-refractivity contribution is 6.33. The largest absolute Gasteiger partial charge is 0.397 e. The maximum Gasteiger partial charge on any atom is 0.169 e. The van der Waals surface area contributed by atoms with E-state index in [1.54, 1.807) is 0 Å². The van der Waals surface area contributed by atoms with Gasteiger partial charge in [-0.2, -0.15) is 0 Å². The molecule has 4 nitrogen and oxygen atoms in total. The zero-order valence-corrected chi connectivity index (χ0v) is 12.2. The molecule has 1 aliphatic heterocycles. The van der Waals surface area contributed by atoms with Crippen molar-refractivity contribution >= 4 is 28.7 Å². The lowest BCUT2D eigenvalue weighted by Crippen LogP contribution is -2.55. The molecule has 1 aromatic carbocycles. The van der Waals surface area contributed by atoms with Gasteiger partial charge in [-0.15, -0.1) is 0 Å². The summed E-state index contributed by atoms with van der Waals surface area (Å²) in [5.41, 5.74) is 12.4. The summed E-state index contributed by atoms with van der Waals surface area (Å²) in [6, 6.07) is 2.16. The van der Waals surface area contributed by atoms with E-state index in [1.165, 1.54) is 6.07 Å². The van der Waals surface area contributed by atoms with Gasteiger partial charge in [-0.25, -0.2) is 4.39 Å². The SMILES string of the molecule is CC1CN(c2c(N)cc(N)c(Cl)c2F)CC(C)N1C. The Morgan fingerprint density at radius 3 is 2.26 bits per heavy atom. The number of likely N-dealkylation sites (N-methyl/N-ethyl adjacent to an activating group) is 1. The molecular weight excluding hydrogens is 267 g/mol. The average Bonchev–Trinajstić information content (AvgIpc) is 2.33. The van der Waals surface area contributed by atoms with E-state index in [4.69, 9.17) is 23.1 Å². The summed E-state index contributed by atoms with van der Waals surface area (Å²) in [7, 11) is 2.07. The molecule has 2 rings (SSSR count). The van der Waals surface area contributed by atoms with Crippen molar-refractivity contribution < 1.29 is 4.39 Å². The van der Waals surface area contributed by atoms with Crippen LogP contribution in [0.1, 0.15) is 13.8 Å². The summed E-state index contributed by atoms with van der Waals surface area (Å²) in [5.74, 6) is -0.525. The molecular formula is C13H20ClFN4. The van der Waals surface area contributed by atoms with Gasteiger partial charge in [-0.05, 0) is 27.0 Å². The third-order valence-corrected chi connectivity index (χ3v) is 4.30. The second-order valence-corrected chi connectivity index (χ2v) is 5.68. The topological polar surface area (TPSA) is 58.5 Å². The van der Waals surface area contributed by atoms with Crippen molar-refractivity contribution in [1.82, 2.24) is 4.90 Å². The predicted molar refractivity (Wildman–Crippen MR) is 79.1 cm³/mol. The van der Waals surface area contributed by atoms with Crippen LogP contribution < -0.4 is 16.4 Å². The molecule has 1 aromatic rings. The first-order valence-corrected chi connectivity index (χ1v) is 6.70. The Balaban J connectivity index is 2.40. The van der Waals surface area contributed by atoms with Gasteiger partial charge in [0.1, 0.15) is 5.02 Å². The number of nitrogens with zero attached hydrogens (tertiary/aromatic N) is 2. The van der Waals surface area contributed by atoms with E-state index in [-0.39, 0.29) is 10.7 Å². The summed E-state index contributed by atoms with van der Waals surface area (Å²) < 4.78 is 14.3. The van der Waals surface area contributed by atoms with Crippen LogP contribution in [0.4, 0.5) is 21.5 Å². The van der Waals surface area contributed by atoms with Crippen LogP contribution in [0.15, 0.2) is 6.07 Å². The highest BCUT2D eigenvalue weighted by atomic mass is 35.5.